The maximum Gasteiger partial charge on any atom is 0.313 e. The van der Waals surface area contributed by atoms with E-state index < -0.39 is 65.6 Å². The van der Waals surface area contributed by atoms with Gasteiger partial charge in [0.2, 0.25) is 11.8 Å². The molecule has 11 heteroatoms. The smallest absolute Gasteiger partial charge is 0.313 e. The molecule has 2 aromatic rings. The zero-order valence-electron chi connectivity index (χ0n) is 29.3. The van der Waals surface area contributed by atoms with Crippen molar-refractivity contribution in [2.75, 3.05) is 25.1 Å². The fourth-order valence-electron chi connectivity index (χ4n) is 8.10. The second-order valence-corrected chi connectivity index (χ2v) is 13.9. The number of para-hydroxylation sites is 1. The summed E-state index contributed by atoms with van der Waals surface area (Å²) in [7, 11) is 1.68. The second kappa shape index (κ2) is 15.5. The molecular formula is C39H48ClN3O7. The Hall–Kier alpha value is -3.99. The third-order valence-corrected chi connectivity index (χ3v) is 11.0. The second-order valence-electron chi connectivity index (χ2n) is 13.5. The summed E-state index contributed by atoms with van der Waals surface area (Å²) >= 11 is 6.67. The first-order valence-corrected chi connectivity index (χ1v) is 17.7. The van der Waals surface area contributed by atoms with Gasteiger partial charge in [-0.1, -0.05) is 73.1 Å². The third kappa shape index (κ3) is 6.49. The highest BCUT2D eigenvalue weighted by atomic mass is 35.5. The highest BCUT2D eigenvalue weighted by Crippen LogP contribution is 2.59. The summed E-state index contributed by atoms with van der Waals surface area (Å²) in [5.41, 5.74) is 0.632. The van der Waals surface area contributed by atoms with Crippen LogP contribution in [0, 0.1) is 18.8 Å². The van der Waals surface area contributed by atoms with Crippen LogP contribution in [-0.2, 0) is 28.7 Å². The number of likely N-dealkylation sites (N-methyl/N-ethyl adjacent to an activating group) is 1. The molecule has 8 atom stereocenters. The lowest BCUT2D eigenvalue weighted by atomic mass is 9.70. The molecule has 10 nitrogen and oxygen atoms in total. The van der Waals surface area contributed by atoms with Gasteiger partial charge in [-0.15, -0.1) is 13.2 Å². The number of benzene rings is 2. The highest BCUT2D eigenvalue weighted by Gasteiger charge is 2.75. The van der Waals surface area contributed by atoms with Crippen molar-refractivity contribution in [3.8, 4) is 0 Å². The first-order chi connectivity index (χ1) is 24.0. The molecule has 0 aliphatic carbocycles. The Labute approximate surface area is 299 Å². The number of rotatable bonds is 15. The first-order valence-electron chi connectivity index (χ1n) is 17.4. The largest absolute Gasteiger partial charge is 0.455 e. The van der Waals surface area contributed by atoms with Gasteiger partial charge >= 0.3 is 5.97 Å². The molecule has 2 bridgehead atoms. The van der Waals surface area contributed by atoms with E-state index in [-0.39, 0.29) is 25.5 Å². The van der Waals surface area contributed by atoms with E-state index in [1.165, 1.54) is 9.80 Å². The molecule has 3 saturated heterocycles. The van der Waals surface area contributed by atoms with E-state index >= 15 is 0 Å². The number of amides is 3. The molecule has 50 heavy (non-hydrogen) atoms. The van der Waals surface area contributed by atoms with Gasteiger partial charge < -0.3 is 29.3 Å². The van der Waals surface area contributed by atoms with Gasteiger partial charge in [0.25, 0.3) is 5.91 Å². The van der Waals surface area contributed by atoms with Crippen LogP contribution in [0.2, 0.25) is 5.02 Å². The van der Waals surface area contributed by atoms with E-state index in [0.717, 1.165) is 5.56 Å². The molecule has 1 N–H and O–H groups in total. The molecule has 0 aromatic heterocycles. The summed E-state index contributed by atoms with van der Waals surface area (Å²) in [5, 5.41) is 10.9. The lowest BCUT2D eigenvalue weighted by Gasteiger charge is -2.39. The van der Waals surface area contributed by atoms with Crippen LogP contribution in [0.1, 0.15) is 63.2 Å². The molecule has 3 aliphatic rings. The third-order valence-electron chi connectivity index (χ3n) is 10.7. The minimum atomic E-state index is -1.33. The normalized spacial score (nSPS) is 25.4. The Morgan fingerprint density at radius 1 is 1.16 bits per heavy atom. The quantitative estimate of drug-likeness (QED) is 0.195. The van der Waals surface area contributed by atoms with E-state index in [0.29, 0.717) is 42.0 Å². The van der Waals surface area contributed by atoms with Gasteiger partial charge in [0.1, 0.15) is 17.7 Å². The minimum absolute atomic E-state index is 0.114. The van der Waals surface area contributed by atoms with E-state index in [4.69, 9.17) is 21.1 Å². The number of anilines is 1. The summed E-state index contributed by atoms with van der Waals surface area (Å²) in [6.07, 6.45) is 3.75. The Morgan fingerprint density at radius 2 is 1.88 bits per heavy atom. The van der Waals surface area contributed by atoms with Gasteiger partial charge in [-0.25, -0.2) is 0 Å². The van der Waals surface area contributed by atoms with Crippen molar-refractivity contribution in [1.29, 1.82) is 0 Å². The van der Waals surface area contributed by atoms with Crippen molar-refractivity contribution in [2.45, 2.75) is 88.8 Å². The Morgan fingerprint density at radius 3 is 2.50 bits per heavy atom. The highest BCUT2D eigenvalue weighted by molar-refractivity contribution is 6.34. The summed E-state index contributed by atoms with van der Waals surface area (Å²) in [6, 6.07) is 12.2. The number of likely N-dealkylation sites (tertiary alicyclic amines) is 1. The molecular weight excluding hydrogens is 658 g/mol. The van der Waals surface area contributed by atoms with Gasteiger partial charge in [-0.05, 0) is 56.7 Å². The predicted molar refractivity (Wildman–Crippen MR) is 191 cm³/mol. The number of aryl methyl sites for hydroxylation is 1. The van der Waals surface area contributed by atoms with Gasteiger partial charge in [0, 0.05) is 20.0 Å². The molecule has 3 heterocycles. The average molecular weight is 706 g/mol. The van der Waals surface area contributed by atoms with E-state index in [9.17, 15) is 24.3 Å². The number of nitrogens with zero attached hydrogens (tertiary/aromatic N) is 3. The van der Waals surface area contributed by atoms with Crippen molar-refractivity contribution >= 4 is 41.0 Å². The number of ether oxygens (including phenoxy) is 2. The average Bonchev–Trinajstić information content (AvgIpc) is 3.76. The van der Waals surface area contributed by atoms with Crippen LogP contribution in [0.25, 0.3) is 0 Å². The SMILES string of the molecule is C=CCCC(=O)N(C)[C@H](C)[C@H](OC(=O)[C@@H]1[C@@H]2CC[C@]3(O2)[C@H](C(=O)N(CC=C)c2c(C)cccc2Cl)N([C@@H](CC)CO)C(=O)[C@@H]13)c1ccccc1. The van der Waals surface area contributed by atoms with Gasteiger partial charge in [0.15, 0.2) is 0 Å². The lowest BCUT2D eigenvalue weighted by Crippen LogP contribution is -2.59. The monoisotopic (exact) mass is 705 g/mol. The Kier molecular flexibility index (Phi) is 11.5. The molecule has 3 aliphatic heterocycles. The number of halogens is 1. The van der Waals surface area contributed by atoms with Crippen molar-refractivity contribution < 1.29 is 33.8 Å². The molecule has 1 spiro atoms. The van der Waals surface area contributed by atoms with E-state index in [2.05, 4.69) is 13.2 Å². The zero-order chi connectivity index (χ0) is 36.3. The molecule has 3 fully saturated rings. The van der Waals surface area contributed by atoms with Crippen molar-refractivity contribution in [1.82, 2.24) is 9.80 Å². The van der Waals surface area contributed by atoms with Crippen LogP contribution in [0.15, 0.2) is 73.8 Å². The maximum atomic E-state index is 14.9. The van der Waals surface area contributed by atoms with E-state index in [1.807, 2.05) is 57.2 Å². The fraction of sp³-hybridized carbons (Fsp3) is 0.487. The number of carbonyl (C=O) groups excluding carboxylic acids is 4. The number of esters is 1. The molecule has 2 aromatic carbocycles. The van der Waals surface area contributed by atoms with Crippen molar-refractivity contribution in [3.63, 3.8) is 0 Å². The maximum absolute atomic E-state index is 14.9. The predicted octanol–water partition coefficient (Wildman–Crippen LogP) is 5.41. The van der Waals surface area contributed by atoms with Gasteiger partial charge in [0.05, 0.1) is 47.3 Å². The summed E-state index contributed by atoms with van der Waals surface area (Å²) in [6.45, 7) is 12.8. The zero-order valence-corrected chi connectivity index (χ0v) is 30.1. The van der Waals surface area contributed by atoms with Gasteiger partial charge in [-0.2, -0.15) is 0 Å². The molecule has 0 radical (unpaired) electrons. The Balaban J connectivity index is 1.53. The van der Waals surface area contributed by atoms with Crippen molar-refractivity contribution in [3.05, 3.63) is 90.0 Å². The Bertz CT molecular complexity index is 1590. The van der Waals surface area contributed by atoms with Crippen LogP contribution in [0.4, 0.5) is 5.69 Å². The number of allylic oxidation sites excluding steroid dienone is 1. The number of hydrogen-bond acceptors (Lipinski definition) is 7. The van der Waals surface area contributed by atoms with Crippen molar-refractivity contribution in [2.24, 2.45) is 11.8 Å². The topological polar surface area (TPSA) is 117 Å². The molecule has 0 saturated carbocycles. The molecule has 268 valence electrons. The summed E-state index contributed by atoms with van der Waals surface area (Å²) in [4.78, 5) is 61.6. The first kappa shape index (κ1) is 37.3. The molecule has 3 amide bonds. The lowest BCUT2D eigenvalue weighted by molar-refractivity contribution is -0.165. The number of aliphatic hydroxyl groups excluding tert-OH is 1. The minimum Gasteiger partial charge on any atom is -0.455 e. The number of hydrogen-bond donors (Lipinski definition) is 1. The molecule has 5 rings (SSSR count). The van der Waals surface area contributed by atoms with Crippen LogP contribution < -0.4 is 4.90 Å². The number of aliphatic hydroxyl groups is 1. The summed E-state index contributed by atoms with van der Waals surface area (Å²) < 4.78 is 13.0. The number of fused-ring (bicyclic) bond motifs is 1. The fourth-order valence-corrected chi connectivity index (χ4v) is 8.43. The van der Waals surface area contributed by atoms with Crippen LogP contribution in [0.3, 0.4) is 0 Å². The van der Waals surface area contributed by atoms with Crippen LogP contribution in [0.5, 0.6) is 0 Å². The standard InChI is InChI=1S/C39H48ClN3O7/c1-7-10-19-30(45)41(6)25(5)34(26-16-12-11-13-17-26)49-38(48)31-29-20-21-39(50-29)32(31)36(46)43(27(9-3)23-44)35(39)37(47)42(22-8-2)33-24(4)15-14-18-28(33)40/h7-8,11-18,25,27,29,31-32,34-35,44H,1-2,9-10,19-23H2,3-6H3/t25-,27+,29+,31-,32-,34+,35+,39-/m1/s1. The van der Waals surface area contributed by atoms with Crippen LogP contribution >= 0.6 is 11.6 Å². The van der Waals surface area contributed by atoms with Crippen LogP contribution in [-0.4, -0.2) is 88.6 Å². The number of carbonyl (C=O) groups is 4. The molecule has 0 unspecified atom stereocenters. The summed E-state index contributed by atoms with van der Waals surface area (Å²) in [5.74, 6) is -3.61. The van der Waals surface area contributed by atoms with E-state index in [1.54, 1.807) is 36.2 Å². The van der Waals surface area contributed by atoms with Gasteiger partial charge in [-0.3, -0.25) is 19.2 Å².